The van der Waals surface area contributed by atoms with Crippen molar-refractivity contribution in [2.45, 2.75) is 18.8 Å². The number of nitrogens with one attached hydrogen (secondary N) is 2. The molecule has 0 unspecified atom stereocenters. The van der Waals surface area contributed by atoms with Crippen LogP contribution in [-0.4, -0.2) is 48.6 Å². The Labute approximate surface area is 186 Å². The first-order valence-electron chi connectivity index (χ1n) is 10.6. The maximum Gasteiger partial charge on any atom is 0.270 e. The van der Waals surface area contributed by atoms with Gasteiger partial charge in [-0.05, 0) is 41.8 Å². The molecule has 5 aromatic rings. The van der Waals surface area contributed by atoms with Crippen molar-refractivity contribution in [2.24, 2.45) is 0 Å². The van der Waals surface area contributed by atoms with Crippen LogP contribution in [0.25, 0.3) is 27.1 Å². The van der Waals surface area contributed by atoms with E-state index in [2.05, 4.69) is 44.4 Å². The van der Waals surface area contributed by atoms with Crippen molar-refractivity contribution >= 4 is 38.4 Å². The summed E-state index contributed by atoms with van der Waals surface area (Å²) in [7, 11) is 0. The van der Waals surface area contributed by atoms with E-state index in [0.717, 1.165) is 18.4 Å². The maximum absolute atomic E-state index is 13.1. The van der Waals surface area contributed by atoms with Crippen LogP contribution in [0.1, 0.15) is 34.7 Å². The van der Waals surface area contributed by atoms with Gasteiger partial charge < -0.3 is 9.88 Å². The molecular weight excluding hydrogens is 424 g/mol. The fraction of sp³-hybridized carbons (Fsp3) is 0.217. The van der Waals surface area contributed by atoms with E-state index in [4.69, 9.17) is 0 Å². The average molecular weight is 445 g/mol. The number of carbonyl (C=O) groups excluding carboxylic acids is 1. The lowest BCUT2D eigenvalue weighted by atomic mass is 9.89. The highest BCUT2D eigenvalue weighted by molar-refractivity contribution is 7.17. The van der Waals surface area contributed by atoms with Crippen molar-refractivity contribution in [3.63, 3.8) is 0 Å². The van der Waals surface area contributed by atoms with E-state index in [9.17, 15) is 9.59 Å². The molecule has 5 heterocycles. The number of hydrogen-bond donors (Lipinski definition) is 2. The number of para-hydroxylation sites is 1. The number of fused-ring (bicyclic) bond motifs is 2. The predicted molar refractivity (Wildman–Crippen MR) is 124 cm³/mol. The number of hydrogen-bond acceptors (Lipinski definition) is 5. The predicted octanol–water partition coefficient (Wildman–Crippen LogP) is 3.67. The number of amides is 1. The van der Waals surface area contributed by atoms with Crippen LogP contribution in [0.4, 0.5) is 0 Å². The van der Waals surface area contributed by atoms with Crippen molar-refractivity contribution in [1.82, 2.24) is 29.6 Å². The second kappa shape index (κ2) is 7.45. The number of likely N-dealkylation sites (tertiary alicyclic amines) is 1. The van der Waals surface area contributed by atoms with Gasteiger partial charge in [0.25, 0.3) is 11.5 Å². The summed E-state index contributed by atoms with van der Waals surface area (Å²) < 4.78 is 2.03. The maximum atomic E-state index is 13.1. The zero-order valence-electron chi connectivity index (χ0n) is 17.1. The number of benzene rings is 1. The number of rotatable bonds is 3. The number of aromatic amines is 2. The van der Waals surface area contributed by atoms with Crippen LogP contribution >= 0.6 is 11.3 Å². The normalized spacial score (nSPS) is 15.1. The summed E-state index contributed by atoms with van der Waals surface area (Å²) in [5.41, 5.74) is 3.39. The van der Waals surface area contributed by atoms with Crippen molar-refractivity contribution in [3.8, 4) is 5.95 Å². The van der Waals surface area contributed by atoms with Crippen LogP contribution in [0.5, 0.6) is 0 Å². The fourth-order valence-electron chi connectivity index (χ4n) is 4.53. The Hall–Kier alpha value is -3.72. The molecular formula is C23H20N6O2S. The smallest absolute Gasteiger partial charge is 0.270 e. The Morgan fingerprint density at radius 1 is 1.16 bits per heavy atom. The van der Waals surface area contributed by atoms with Gasteiger partial charge in [-0.15, -0.1) is 11.3 Å². The summed E-state index contributed by atoms with van der Waals surface area (Å²) in [5.74, 6) is 0.690. The zero-order valence-corrected chi connectivity index (χ0v) is 17.9. The third kappa shape index (κ3) is 3.13. The highest BCUT2D eigenvalue weighted by Crippen LogP contribution is 2.33. The molecule has 32 heavy (non-hydrogen) atoms. The van der Waals surface area contributed by atoms with Crippen LogP contribution in [-0.2, 0) is 0 Å². The molecule has 1 aliphatic heterocycles. The van der Waals surface area contributed by atoms with Gasteiger partial charge in [0, 0.05) is 36.4 Å². The Bertz CT molecular complexity index is 1500. The molecule has 0 aliphatic carbocycles. The van der Waals surface area contributed by atoms with Gasteiger partial charge in [-0.3, -0.25) is 14.6 Å². The summed E-state index contributed by atoms with van der Waals surface area (Å²) >= 11 is 1.35. The number of carbonyl (C=O) groups is 1. The molecule has 1 saturated heterocycles. The van der Waals surface area contributed by atoms with Crippen LogP contribution in [0.15, 0.2) is 59.1 Å². The van der Waals surface area contributed by atoms with Crippen molar-refractivity contribution in [3.05, 3.63) is 75.8 Å². The first-order valence-corrected chi connectivity index (χ1v) is 11.4. The van der Waals surface area contributed by atoms with E-state index < -0.39 is 0 Å². The second-order valence-electron chi connectivity index (χ2n) is 8.05. The quantitative estimate of drug-likeness (QED) is 0.443. The van der Waals surface area contributed by atoms with Crippen LogP contribution in [0.3, 0.4) is 0 Å². The second-order valence-corrected chi connectivity index (χ2v) is 8.97. The third-order valence-corrected chi connectivity index (χ3v) is 7.09. The van der Waals surface area contributed by atoms with E-state index in [0.29, 0.717) is 40.7 Å². The van der Waals surface area contributed by atoms with E-state index in [-0.39, 0.29) is 11.5 Å². The molecule has 4 aromatic heterocycles. The lowest BCUT2D eigenvalue weighted by Crippen LogP contribution is -2.37. The molecule has 1 aromatic carbocycles. The summed E-state index contributed by atoms with van der Waals surface area (Å²) in [6, 6.07) is 10.1. The topological polar surface area (TPSA) is 99.7 Å². The van der Waals surface area contributed by atoms with E-state index >= 15 is 0 Å². The summed E-state index contributed by atoms with van der Waals surface area (Å²) in [4.78, 5) is 37.7. The molecule has 0 atom stereocenters. The van der Waals surface area contributed by atoms with Gasteiger partial charge in [0.1, 0.15) is 4.70 Å². The molecule has 1 amide bonds. The van der Waals surface area contributed by atoms with Crippen molar-refractivity contribution in [2.75, 3.05) is 13.1 Å². The fourth-order valence-corrected chi connectivity index (χ4v) is 5.25. The molecule has 1 aliphatic rings. The molecule has 9 heteroatoms. The Balaban J connectivity index is 1.18. The summed E-state index contributed by atoms with van der Waals surface area (Å²) in [5, 5.41) is 7.35. The zero-order chi connectivity index (χ0) is 21.7. The molecule has 2 N–H and O–H groups in total. The molecule has 0 saturated carbocycles. The van der Waals surface area contributed by atoms with Gasteiger partial charge in [-0.1, -0.05) is 18.2 Å². The largest absolute Gasteiger partial charge is 0.361 e. The van der Waals surface area contributed by atoms with Crippen LogP contribution < -0.4 is 5.56 Å². The van der Waals surface area contributed by atoms with Gasteiger partial charge in [-0.25, -0.2) is 9.67 Å². The van der Waals surface area contributed by atoms with E-state index in [1.54, 1.807) is 12.3 Å². The minimum atomic E-state index is -0.206. The lowest BCUT2D eigenvalue weighted by Gasteiger charge is -2.31. The van der Waals surface area contributed by atoms with Gasteiger partial charge in [0.2, 0.25) is 5.95 Å². The molecule has 0 radical (unpaired) electrons. The SMILES string of the molecule is O=C(c1cnn(-c2nc3ccsc3c(=O)[nH]2)c1)N1CCC(c2c[nH]c3ccccc23)CC1. The minimum absolute atomic E-state index is 0.0485. The van der Waals surface area contributed by atoms with E-state index in [1.807, 2.05) is 16.3 Å². The highest BCUT2D eigenvalue weighted by Gasteiger charge is 2.27. The monoisotopic (exact) mass is 444 g/mol. The molecule has 0 bridgehead atoms. The molecule has 1 fully saturated rings. The molecule has 0 spiro atoms. The number of nitrogens with zero attached hydrogens (tertiary/aromatic N) is 4. The van der Waals surface area contributed by atoms with Gasteiger partial charge in [-0.2, -0.15) is 5.10 Å². The van der Waals surface area contributed by atoms with E-state index in [1.165, 1.54) is 33.2 Å². The first-order chi connectivity index (χ1) is 15.7. The Morgan fingerprint density at radius 2 is 2.00 bits per heavy atom. The number of piperidine rings is 1. The Kier molecular flexibility index (Phi) is 4.43. The molecule has 6 rings (SSSR count). The lowest BCUT2D eigenvalue weighted by molar-refractivity contribution is 0.0713. The van der Waals surface area contributed by atoms with Crippen LogP contribution in [0, 0.1) is 0 Å². The average Bonchev–Trinajstić information content (AvgIpc) is 3.58. The third-order valence-electron chi connectivity index (χ3n) is 6.19. The van der Waals surface area contributed by atoms with Gasteiger partial charge in [0.05, 0.1) is 17.3 Å². The minimum Gasteiger partial charge on any atom is -0.361 e. The number of thiophene rings is 1. The van der Waals surface area contributed by atoms with Crippen LogP contribution in [0.2, 0.25) is 0 Å². The number of H-pyrrole nitrogens is 2. The first kappa shape index (κ1) is 19.0. The molecule has 8 nitrogen and oxygen atoms in total. The van der Waals surface area contributed by atoms with Crippen molar-refractivity contribution < 1.29 is 4.79 Å². The van der Waals surface area contributed by atoms with Gasteiger partial charge >= 0.3 is 0 Å². The summed E-state index contributed by atoms with van der Waals surface area (Å²) in [6.45, 7) is 1.40. The Morgan fingerprint density at radius 3 is 2.88 bits per heavy atom. The summed E-state index contributed by atoms with van der Waals surface area (Å²) in [6.07, 6.45) is 7.11. The van der Waals surface area contributed by atoms with Crippen molar-refractivity contribution in [1.29, 1.82) is 0 Å². The number of aromatic nitrogens is 5. The highest BCUT2D eigenvalue weighted by atomic mass is 32.1. The van der Waals surface area contributed by atoms with Gasteiger partial charge in [0.15, 0.2) is 0 Å². The molecule has 160 valence electrons. The standard InChI is InChI=1S/C23H20N6O2S/c30-21-20-19(7-10-32-20)26-23(27-21)29-13-15(11-25-29)22(31)28-8-5-14(6-9-28)17-12-24-18-4-2-1-3-16(17)18/h1-4,7,10-14,24H,5-6,8-9H2,(H,26,27,30).